The Morgan fingerprint density at radius 3 is 2.62 bits per heavy atom. The van der Waals surface area contributed by atoms with Crippen LogP contribution >= 0.6 is 0 Å². The van der Waals surface area contributed by atoms with Crippen LogP contribution in [0, 0.1) is 11.8 Å². The van der Waals surface area contributed by atoms with Crippen molar-refractivity contribution in [1.82, 2.24) is 0 Å². The lowest BCUT2D eigenvalue weighted by molar-refractivity contribution is -0.0364. The molecule has 2 rings (SSSR count). The molecule has 0 heterocycles. The van der Waals surface area contributed by atoms with Crippen LogP contribution in [0.1, 0.15) is 45.6 Å². The normalized spacial score (nSPS) is 24.9. The van der Waals surface area contributed by atoms with E-state index in [0.717, 1.165) is 17.9 Å². The van der Waals surface area contributed by atoms with E-state index in [1.54, 1.807) is 13.4 Å². The number of hydrogen-bond acceptors (Lipinski definition) is 2. The fourth-order valence-corrected chi connectivity index (χ4v) is 3.85. The molecule has 0 amide bonds. The van der Waals surface area contributed by atoms with Gasteiger partial charge in [0.15, 0.2) is 0 Å². The summed E-state index contributed by atoms with van der Waals surface area (Å²) < 4.78 is 11.3. The SMILES string of the molecule is C=C(/C=C/OC)CO[C@@H]1C[C@H](C)CC[C@H]1C(C)(C)c1ccccc1. The van der Waals surface area contributed by atoms with E-state index < -0.39 is 0 Å². The summed E-state index contributed by atoms with van der Waals surface area (Å²) in [5, 5.41) is 0. The van der Waals surface area contributed by atoms with Crippen LogP contribution < -0.4 is 0 Å². The first-order valence-electron chi connectivity index (χ1n) is 8.99. The molecule has 0 spiro atoms. The summed E-state index contributed by atoms with van der Waals surface area (Å²) in [6, 6.07) is 10.8. The third kappa shape index (κ3) is 4.73. The van der Waals surface area contributed by atoms with E-state index in [2.05, 4.69) is 57.7 Å². The van der Waals surface area contributed by atoms with Crippen molar-refractivity contribution in [1.29, 1.82) is 0 Å². The molecule has 0 bridgehead atoms. The minimum Gasteiger partial charge on any atom is -0.504 e. The summed E-state index contributed by atoms with van der Waals surface area (Å²) in [6.45, 7) is 11.7. The van der Waals surface area contributed by atoms with Crippen LogP contribution in [0.15, 0.2) is 54.8 Å². The first kappa shape index (κ1) is 18.8. The van der Waals surface area contributed by atoms with Gasteiger partial charge in [-0.2, -0.15) is 0 Å². The second-order valence-corrected chi connectivity index (χ2v) is 7.66. The van der Waals surface area contributed by atoms with E-state index in [-0.39, 0.29) is 11.5 Å². The predicted octanol–water partition coefficient (Wildman–Crippen LogP) is 5.50. The second-order valence-electron chi connectivity index (χ2n) is 7.66. The van der Waals surface area contributed by atoms with Gasteiger partial charge in [0.05, 0.1) is 26.1 Å². The number of benzene rings is 1. The van der Waals surface area contributed by atoms with E-state index in [4.69, 9.17) is 9.47 Å². The van der Waals surface area contributed by atoms with Gasteiger partial charge in [-0.25, -0.2) is 0 Å². The van der Waals surface area contributed by atoms with E-state index in [9.17, 15) is 0 Å². The first-order valence-corrected chi connectivity index (χ1v) is 8.99. The topological polar surface area (TPSA) is 18.5 Å². The Hall–Kier alpha value is -1.54. The van der Waals surface area contributed by atoms with Crippen LogP contribution in [0.4, 0.5) is 0 Å². The number of hydrogen-bond donors (Lipinski definition) is 0. The molecule has 132 valence electrons. The van der Waals surface area contributed by atoms with Gasteiger partial charge in [0.1, 0.15) is 0 Å². The van der Waals surface area contributed by atoms with Crippen LogP contribution in [0.5, 0.6) is 0 Å². The molecule has 1 aliphatic carbocycles. The summed E-state index contributed by atoms with van der Waals surface area (Å²) in [5.41, 5.74) is 2.46. The van der Waals surface area contributed by atoms with Crippen molar-refractivity contribution in [3.63, 3.8) is 0 Å². The smallest absolute Gasteiger partial charge is 0.0828 e. The highest BCUT2D eigenvalue weighted by Gasteiger charge is 2.40. The van der Waals surface area contributed by atoms with E-state index >= 15 is 0 Å². The quantitative estimate of drug-likeness (QED) is 0.486. The van der Waals surface area contributed by atoms with Gasteiger partial charge in [-0.15, -0.1) is 0 Å². The monoisotopic (exact) mass is 328 g/mol. The molecule has 0 aromatic heterocycles. The third-order valence-electron chi connectivity index (χ3n) is 5.42. The van der Waals surface area contributed by atoms with Gasteiger partial charge in [-0.05, 0) is 47.3 Å². The average Bonchev–Trinajstić information content (AvgIpc) is 2.58. The summed E-state index contributed by atoms with van der Waals surface area (Å²) >= 11 is 0. The number of methoxy groups -OCH3 is 1. The predicted molar refractivity (Wildman–Crippen MR) is 101 cm³/mol. The summed E-state index contributed by atoms with van der Waals surface area (Å²) in [4.78, 5) is 0. The molecule has 1 aliphatic rings. The second kappa shape index (κ2) is 8.53. The number of rotatable bonds is 7. The minimum absolute atomic E-state index is 0.107. The highest BCUT2D eigenvalue weighted by atomic mass is 16.5. The Labute approximate surface area is 147 Å². The first-order chi connectivity index (χ1) is 11.4. The highest BCUT2D eigenvalue weighted by molar-refractivity contribution is 5.25. The molecule has 1 fully saturated rings. The molecular weight excluding hydrogens is 296 g/mol. The van der Waals surface area contributed by atoms with Gasteiger partial charge in [0.2, 0.25) is 0 Å². The fourth-order valence-electron chi connectivity index (χ4n) is 3.85. The van der Waals surface area contributed by atoms with Gasteiger partial charge in [-0.1, -0.05) is 64.1 Å². The van der Waals surface area contributed by atoms with Gasteiger partial charge >= 0.3 is 0 Å². The maximum Gasteiger partial charge on any atom is 0.0828 e. The van der Waals surface area contributed by atoms with Crippen LogP contribution in [-0.4, -0.2) is 19.8 Å². The molecule has 1 aromatic rings. The highest BCUT2D eigenvalue weighted by Crippen LogP contribution is 2.43. The van der Waals surface area contributed by atoms with Crippen LogP contribution in [0.3, 0.4) is 0 Å². The molecule has 0 saturated heterocycles. The van der Waals surface area contributed by atoms with Crippen LogP contribution in [0.2, 0.25) is 0 Å². The van der Waals surface area contributed by atoms with Crippen molar-refractivity contribution in [3.05, 3.63) is 60.4 Å². The molecule has 0 radical (unpaired) electrons. The van der Waals surface area contributed by atoms with Crippen molar-refractivity contribution in [2.45, 2.75) is 51.6 Å². The Morgan fingerprint density at radius 1 is 1.25 bits per heavy atom. The lowest BCUT2D eigenvalue weighted by Gasteiger charge is -2.44. The molecule has 0 unspecified atom stereocenters. The van der Waals surface area contributed by atoms with Gasteiger partial charge < -0.3 is 9.47 Å². The Bertz CT molecular complexity index is 544. The van der Waals surface area contributed by atoms with Gasteiger partial charge in [0, 0.05) is 0 Å². The average molecular weight is 328 g/mol. The lowest BCUT2D eigenvalue weighted by Crippen LogP contribution is -2.42. The van der Waals surface area contributed by atoms with E-state index in [1.807, 2.05) is 6.08 Å². The molecule has 3 atom stereocenters. The van der Waals surface area contributed by atoms with E-state index in [1.165, 1.54) is 18.4 Å². The van der Waals surface area contributed by atoms with Crippen LogP contribution in [0.25, 0.3) is 0 Å². The zero-order valence-corrected chi connectivity index (χ0v) is 15.6. The van der Waals surface area contributed by atoms with Gasteiger partial charge in [-0.3, -0.25) is 0 Å². The lowest BCUT2D eigenvalue weighted by atomic mass is 9.64. The summed E-state index contributed by atoms with van der Waals surface area (Å²) in [5.74, 6) is 1.25. The number of ether oxygens (including phenoxy) is 2. The molecule has 1 saturated carbocycles. The Balaban J connectivity index is 2.10. The van der Waals surface area contributed by atoms with Crippen molar-refractivity contribution >= 4 is 0 Å². The largest absolute Gasteiger partial charge is 0.504 e. The minimum atomic E-state index is 0.107. The van der Waals surface area contributed by atoms with Crippen molar-refractivity contribution in [3.8, 4) is 0 Å². The third-order valence-corrected chi connectivity index (χ3v) is 5.42. The molecule has 1 aromatic carbocycles. The molecule has 0 N–H and O–H groups in total. The standard InChI is InChI=1S/C22H32O2/c1-17-11-12-20(22(3,4)19-9-7-6-8-10-19)21(15-17)24-16-18(2)13-14-23-5/h6-10,13-14,17,20-21H,2,11-12,15-16H2,1,3-5H3/b14-13+/t17-,20-,21-/m1/s1. The summed E-state index contributed by atoms with van der Waals surface area (Å²) in [7, 11) is 1.64. The Morgan fingerprint density at radius 2 is 1.96 bits per heavy atom. The molecule has 2 heteroatoms. The maximum absolute atomic E-state index is 6.33. The van der Waals surface area contributed by atoms with Crippen molar-refractivity contribution in [2.75, 3.05) is 13.7 Å². The zero-order chi connectivity index (χ0) is 17.6. The molecular formula is C22H32O2. The van der Waals surface area contributed by atoms with Crippen molar-refractivity contribution in [2.24, 2.45) is 11.8 Å². The van der Waals surface area contributed by atoms with Crippen molar-refractivity contribution < 1.29 is 9.47 Å². The maximum atomic E-state index is 6.33. The van der Waals surface area contributed by atoms with Gasteiger partial charge in [0.25, 0.3) is 0 Å². The molecule has 0 aliphatic heterocycles. The van der Waals surface area contributed by atoms with E-state index in [0.29, 0.717) is 12.5 Å². The fraction of sp³-hybridized carbons (Fsp3) is 0.545. The zero-order valence-electron chi connectivity index (χ0n) is 15.6. The summed E-state index contributed by atoms with van der Waals surface area (Å²) in [6.07, 6.45) is 7.43. The molecule has 2 nitrogen and oxygen atoms in total. The molecule has 24 heavy (non-hydrogen) atoms. The van der Waals surface area contributed by atoms with Crippen LogP contribution in [-0.2, 0) is 14.9 Å². The Kier molecular flexibility index (Phi) is 6.68.